The number of fused-ring (bicyclic) bond motifs is 1. The molecule has 124 valence electrons. The molecule has 1 aliphatic heterocycles. The highest BCUT2D eigenvalue weighted by molar-refractivity contribution is 5.93. The summed E-state index contributed by atoms with van der Waals surface area (Å²) in [6.07, 6.45) is 5.15. The molecule has 1 N–H and O–H groups in total. The predicted octanol–water partition coefficient (Wildman–Crippen LogP) is 1.92. The minimum Gasteiger partial charge on any atom is -0.347 e. The molecule has 2 aromatic rings. The van der Waals surface area contributed by atoms with Crippen molar-refractivity contribution in [2.45, 2.75) is 65.1 Å². The largest absolute Gasteiger partial charge is 0.347 e. The lowest BCUT2D eigenvalue weighted by Gasteiger charge is -2.23. The second kappa shape index (κ2) is 6.14. The summed E-state index contributed by atoms with van der Waals surface area (Å²) in [7, 11) is 0. The number of rotatable bonds is 4. The molecular weight excluding hydrogens is 292 g/mol. The van der Waals surface area contributed by atoms with Gasteiger partial charge in [0.1, 0.15) is 5.82 Å². The fourth-order valence-corrected chi connectivity index (χ4v) is 2.70. The zero-order chi connectivity index (χ0) is 16.6. The summed E-state index contributed by atoms with van der Waals surface area (Å²) in [5.74, 6) is 2.15. The highest BCUT2D eigenvalue weighted by atomic mass is 16.1. The van der Waals surface area contributed by atoms with Crippen LogP contribution >= 0.6 is 0 Å². The van der Waals surface area contributed by atoms with Crippen molar-refractivity contribution in [2.75, 3.05) is 0 Å². The van der Waals surface area contributed by atoms with Crippen molar-refractivity contribution in [1.82, 2.24) is 29.9 Å². The average molecular weight is 316 g/mol. The Kier molecular flexibility index (Phi) is 4.19. The third-order valence-electron chi connectivity index (χ3n) is 4.12. The SMILES string of the molecule is CC(C)c1nc2n(n1)C[C@H](NC(=O)c1cnn(C(C)C)c1)CC2. The minimum absolute atomic E-state index is 0.0745. The zero-order valence-electron chi connectivity index (χ0n) is 14.2. The van der Waals surface area contributed by atoms with Crippen LogP contribution in [0.4, 0.5) is 0 Å². The molecule has 3 heterocycles. The molecule has 0 saturated heterocycles. The van der Waals surface area contributed by atoms with E-state index in [0.29, 0.717) is 18.0 Å². The van der Waals surface area contributed by atoms with Crippen LogP contribution in [0.15, 0.2) is 12.4 Å². The second-order valence-electron chi connectivity index (χ2n) is 6.73. The van der Waals surface area contributed by atoms with Gasteiger partial charge in [0.25, 0.3) is 5.91 Å². The molecule has 3 rings (SSSR count). The van der Waals surface area contributed by atoms with E-state index in [2.05, 4.69) is 34.3 Å². The Morgan fingerprint density at radius 1 is 1.35 bits per heavy atom. The maximum Gasteiger partial charge on any atom is 0.254 e. The molecule has 0 fully saturated rings. The van der Waals surface area contributed by atoms with E-state index in [1.54, 1.807) is 17.1 Å². The van der Waals surface area contributed by atoms with E-state index in [1.807, 2.05) is 18.5 Å². The van der Waals surface area contributed by atoms with Crippen molar-refractivity contribution in [3.63, 3.8) is 0 Å². The average Bonchev–Trinajstić information content (AvgIpc) is 3.13. The number of hydrogen-bond acceptors (Lipinski definition) is 4. The van der Waals surface area contributed by atoms with E-state index < -0.39 is 0 Å². The quantitative estimate of drug-likeness (QED) is 0.935. The zero-order valence-corrected chi connectivity index (χ0v) is 14.2. The Morgan fingerprint density at radius 3 is 2.78 bits per heavy atom. The predicted molar refractivity (Wildman–Crippen MR) is 86.3 cm³/mol. The molecule has 0 aliphatic carbocycles. The number of hydrogen-bond donors (Lipinski definition) is 1. The Morgan fingerprint density at radius 2 is 2.13 bits per heavy atom. The van der Waals surface area contributed by atoms with Crippen molar-refractivity contribution < 1.29 is 4.79 Å². The van der Waals surface area contributed by atoms with Gasteiger partial charge in [-0.1, -0.05) is 13.8 Å². The summed E-state index contributed by atoms with van der Waals surface area (Å²) in [5.41, 5.74) is 0.603. The van der Waals surface area contributed by atoms with Crippen molar-refractivity contribution in [3.05, 3.63) is 29.6 Å². The van der Waals surface area contributed by atoms with Gasteiger partial charge in [-0.25, -0.2) is 9.67 Å². The molecule has 7 nitrogen and oxygen atoms in total. The maximum absolute atomic E-state index is 12.4. The monoisotopic (exact) mass is 316 g/mol. The van der Waals surface area contributed by atoms with Gasteiger partial charge >= 0.3 is 0 Å². The van der Waals surface area contributed by atoms with E-state index in [1.165, 1.54) is 0 Å². The second-order valence-corrected chi connectivity index (χ2v) is 6.73. The fourth-order valence-electron chi connectivity index (χ4n) is 2.70. The molecule has 0 bridgehead atoms. The lowest BCUT2D eigenvalue weighted by molar-refractivity contribution is 0.0926. The lowest BCUT2D eigenvalue weighted by atomic mass is 10.1. The molecule has 23 heavy (non-hydrogen) atoms. The Bertz CT molecular complexity index is 699. The van der Waals surface area contributed by atoms with Gasteiger partial charge < -0.3 is 5.32 Å². The standard InChI is InChI=1S/C16H24N6O/c1-10(2)15-19-14-6-5-13(9-22(14)20-15)18-16(23)12-7-17-21(8-12)11(3)4/h7-8,10-11,13H,5-6,9H2,1-4H3,(H,18,23)/t13-/m1/s1. The van der Waals surface area contributed by atoms with Crippen molar-refractivity contribution in [2.24, 2.45) is 0 Å². The normalized spacial score (nSPS) is 17.6. The minimum atomic E-state index is -0.0745. The molecule has 0 spiro atoms. The topological polar surface area (TPSA) is 77.6 Å². The number of nitrogens with one attached hydrogen (secondary N) is 1. The molecule has 1 amide bonds. The highest BCUT2D eigenvalue weighted by Gasteiger charge is 2.24. The summed E-state index contributed by atoms with van der Waals surface area (Å²) < 4.78 is 3.72. The van der Waals surface area contributed by atoms with Crippen LogP contribution in [0.2, 0.25) is 0 Å². The highest BCUT2D eigenvalue weighted by Crippen LogP contribution is 2.17. The molecule has 7 heteroatoms. The van der Waals surface area contributed by atoms with Crippen molar-refractivity contribution in [1.29, 1.82) is 0 Å². The van der Waals surface area contributed by atoms with Gasteiger partial charge in [0.15, 0.2) is 5.82 Å². The van der Waals surface area contributed by atoms with Gasteiger partial charge in [0.05, 0.1) is 18.3 Å². The van der Waals surface area contributed by atoms with E-state index in [0.717, 1.165) is 24.5 Å². The van der Waals surface area contributed by atoms with Gasteiger partial charge in [-0.3, -0.25) is 9.48 Å². The van der Waals surface area contributed by atoms with Gasteiger partial charge in [-0.2, -0.15) is 10.2 Å². The van der Waals surface area contributed by atoms with Crippen LogP contribution in [0.3, 0.4) is 0 Å². The van der Waals surface area contributed by atoms with Crippen molar-refractivity contribution in [3.8, 4) is 0 Å². The van der Waals surface area contributed by atoms with Gasteiger partial charge in [-0.05, 0) is 20.3 Å². The molecule has 0 aromatic carbocycles. The number of carbonyl (C=O) groups excluding carboxylic acids is 1. The smallest absolute Gasteiger partial charge is 0.254 e. The van der Waals surface area contributed by atoms with E-state index in [-0.39, 0.29) is 18.0 Å². The van der Waals surface area contributed by atoms with Crippen LogP contribution in [0.1, 0.15) is 68.1 Å². The van der Waals surface area contributed by atoms with E-state index in [9.17, 15) is 4.79 Å². The molecule has 1 aliphatic rings. The first-order valence-electron chi connectivity index (χ1n) is 8.22. The summed E-state index contributed by atoms with van der Waals surface area (Å²) in [4.78, 5) is 16.9. The molecule has 0 unspecified atom stereocenters. The first kappa shape index (κ1) is 15.7. The Balaban J connectivity index is 1.65. The number of aromatic nitrogens is 5. The maximum atomic E-state index is 12.4. The first-order valence-corrected chi connectivity index (χ1v) is 8.22. The van der Waals surface area contributed by atoms with Crippen LogP contribution < -0.4 is 5.32 Å². The third-order valence-corrected chi connectivity index (χ3v) is 4.12. The lowest BCUT2D eigenvalue weighted by Crippen LogP contribution is -2.41. The third kappa shape index (κ3) is 3.28. The van der Waals surface area contributed by atoms with Gasteiger partial charge in [0, 0.05) is 30.6 Å². The molecule has 0 radical (unpaired) electrons. The molecule has 0 saturated carbocycles. The number of amides is 1. The first-order chi connectivity index (χ1) is 10.9. The Labute approximate surface area is 136 Å². The van der Waals surface area contributed by atoms with Gasteiger partial charge in [-0.15, -0.1) is 0 Å². The van der Waals surface area contributed by atoms with Crippen LogP contribution in [0.5, 0.6) is 0 Å². The number of carbonyl (C=O) groups is 1. The fraction of sp³-hybridized carbons (Fsp3) is 0.625. The van der Waals surface area contributed by atoms with Crippen LogP contribution in [0.25, 0.3) is 0 Å². The molecular formula is C16H24N6O. The van der Waals surface area contributed by atoms with E-state index in [4.69, 9.17) is 0 Å². The van der Waals surface area contributed by atoms with Crippen LogP contribution in [-0.4, -0.2) is 36.5 Å². The number of nitrogens with zero attached hydrogens (tertiary/aromatic N) is 5. The van der Waals surface area contributed by atoms with E-state index >= 15 is 0 Å². The summed E-state index contributed by atoms with van der Waals surface area (Å²) >= 11 is 0. The molecule has 1 atom stereocenters. The van der Waals surface area contributed by atoms with Crippen LogP contribution in [-0.2, 0) is 13.0 Å². The summed E-state index contributed by atoms with van der Waals surface area (Å²) in [5, 5.41) is 11.8. The summed E-state index contributed by atoms with van der Waals surface area (Å²) in [6.45, 7) is 8.93. The molecule has 2 aromatic heterocycles. The Hall–Kier alpha value is -2.18. The van der Waals surface area contributed by atoms with Crippen LogP contribution in [0, 0.1) is 0 Å². The van der Waals surface area contributed by atoms with Crippen molar-refractivity contribution >= 4 is 5.91 Å². The van der Waals surface area contributed by atoms with Gasteiger partial charge in [0.2, 0.25) is 0 Å². The number of aryl methyl sites for hydroxylation is 1. The summed E-state index contributed by atoms with van der Waals surface area (Å²) in [6, 6.07) is 0.331.